The van der Waals surface area contributed by atoms with Crippen LogP contribution < -0.4 is 15.4 Å². The third-order valence-corrected chi connectivity index (χ3v) is 3.03. The largest absolute Gasteiger partial charge is 0.490 e. The molecular weight excluding hydrogens is 250 g/mol. The lowest BCUT2D eigenvalue weighted by Gasteiger charge is -2.11. The van der Waals surface area contributed by atoms with Gasteiger partial charge in [-0.1, -0.05) is 0 Å². The molecule has 0 unspecified atom stereocenters. The number of hydrogen-bond acceptors (Lipinski definition) is 5. The molecule has 1 amide bonds. The van der Waals surface area contributed by atoms with E-state index in [4.69, 9.17) is 4.74 Å². The molecule has 0 aliphatic carbocycles. The first-order valence-corrected chi connectivity index (χ1v) is 5.96. The molecule has 7 heteroatoms. The molecule has 0 aromatic heterocycles. The summed E-state index contributed by atoms with van der Waals surface area (Å²) in [6.07, 6.45) is 0.865. The van der Waals surface area contributed by atoms with Crippen LogP contribution >= 0.6 is 0 Å². The highest BCUT2D eigenvalue weighted by Gasteiger charge is 2.21. The molecular formula is C12H15N3O4. The van der Waals surface area contributed by atoms with E-state index in [9.17, 15) is 14.9 Å². The molecule has 102 valence electrons. The summed E-state index contributed by atoms with van der Waals surface area (Å²) in [5.41, 5.74) is 0.0547. The molecule has 1 aliphatic rings. The minimum absolute atomic E-state index is 0.0775. The van der Waals surface area contributed by atoms with E-state index < -0.39 is 4.92 Å². The number of carbonyl (C=O) groups excluding carboxylic acids is 1. The molecule has 0 radical (unpaired) electrons. The Morgan fingerprint density at radius 2 is 2.37 bits per heavy atom. The lowest BCUT2D eigenvalue weighted by molar-refractivity contribution is -0.385. The monoisotopic (exact) mass is 265 g/mol. The standard InChI is InChI=1S/C12H15N3O4/c1-19-11-3-2-8(6-10(11)15(17)18)12(16)14-9-4-5-13-7-9/h2-3,6,9,13H,4-5,7H2,1H3,(H,14,16)/t9-/m0/s1. The van der Waals surface area contributed by atoms with Crippen LogP contribution in [0.5, 0.6) is 5.75 Å². The number of nitrogens with zero attached hydrogens (tertiary/aromatic N) is 1. The maximum atomic E-state index is 12.0. The van der Waals surface area contributed by atoms with Crippen molar-refractivity contribution in [2.24, 2.45) is 0 Å². The summed E-state index contributed by atoms with van der Waals surface area (Å²) in [4.78, 5) is 22.3. The van der Waals surface area contributed by atoms with Gasteiger partial charge in [0.05, 0.1) is 12.0 Å². The number of ether oxygens (including phenoxy) is 1. The van der Waals surface area contributed by atoms with Crippen molar-refractivity contribution in [3.05, 3.63) is 33.9 Å². The highest BCUT2D eigenvalue weighted by molar-refractivity contribution is 5.95. The molecule has 7 nitrogen and oxygen atoms in total. The average molecular weight is 265 g/mol. The number of amides is 1. The maximum Gasteiger partial charge on any atom is 0.311 e. The molecule has 2 rings (SSSR count). The van der Waals surface area contributed by atoms with Gasteiger partial charge in [0.25, 0.3) is 5.91 Å². The molecule has 1 saturated heterocycles. The maximum absolute atomic E-state index is 12.0. The van der Waals surface area contributed by atoms with E-state index in [1.54, 1.807) is 0 Å². The lowest BCUT2D eigenvalue weighted by atomic mass is 10.1. The van der Waals surface area contributed by atoms with Gasteiger partial charge in [-0.25, -0.2) is 0 Å². The van der Waals surface area contributed by atoms with Crippen LogP contribution in [0.2, 0.25) is 0 Å². The third-order valence-electron chi connectivity index (χ3n) is 3.03. The quantitative estimate of drug-likeness (QED) is 0.617. The minimum Gasteiger partial charge on any atom is -0.490 e. The Kier molecular flexibility index (Phi) is 3.96. The zero-order valence-corrected chi connectivity index (χ0v) is 10.5. The number of carbonyl (C=O) groups is 1. The predicted octanol–water partition coefficient (Wildman–Crippen LogP) is 0.695. The van der Waals surface area contributed by atoms with Gasteiger partial charge >= 0.3 is 5.69 Å². The summed E-state index contributed by atoms with van der Waals surface area (Å²) in [5, 5.41) is 16.9. The molecule has 2 N–H and O–H groups in total. The summed E-state index contributed by atoms with van der Waals surface area (Å²) in [7, 11) is 1.35. The van der Waals surface area contributed by atoms with E-state index in [2.05, 4.69) is 10.6 Å². The second-order valence-corrected chi connectivity index (χ2v) is 4.31. The van der Waals surface area contributed by atoms with Crippen LogP contribution in [0.15, 0.2) is 18.2 Å². The highest BCUT2D eigenvalue weighted by atomic mass is 16.6. The molecule has 0 bridgehead atoms. The van der Waals surface area contributed by atoms with Gasteiger partial charge in [-0.2, -0.15) is 0 Å². The van der Waals surface area contributed by atoms with Crippen molar-refractivity contribution in [2.45, 2.75) is 12.5 Å². The Labute approximate surface area is 110 Å². The first kappa shape index (κ1) is 13.3. The molecule has 0 spiro atoms. The number of methoxy groups -OCH3 is 1. The third kappa shape index (κ3) is 3.00. The Balaban J connectivity index is 2.17. The molecule has 0 saturated carbocycles. The number of rotatable bonds is 4. The van der Waals surface area contributed by atoms with Gasteiger partial charge in [-0.05, 0) is 25.1 Å². The van der Waals surface area contributed by atoms with Gasteiger partial charge < -0.3 is 15.4 Å². The van der Waals surface area contributed by atoms with Gasteiger partial charge in [0.1, 0.15) is 0 Å². The van der Waals surface area contributed by atoms with Gasteiger partial charge in [0.2, 0.25) is 0 Å². The van der Waals surface area contributed by atoms with E-state index in [0.29, 0.717) is 0 Å². The summed E-state index contributed by atoms with van der Waals surface area (Å²) >= 11 is 0. The molecule has 1 aliphatic heterocycles. The fraction of sp³-hybridized carbons (Fsp3) is 0.417. The molecule has 1 aromatic rings. The second-order valence-electron chi connectivity index (χ2n) is 4.31. The van der Waals surface area contributed by atoms with Crippen molar-refractivity contribution in [3.8, 4) is 5.75 Å². The Hall–Kier alpha value is -2.15. The first-order valence-electron chi connectivity index (χ1n) is 5.96. The SMILES string of the molecule is COc1ccc(C(=O)N[C@H]2CCNC2)cc1[N+](=O)[O-]. The van der Waals surface area contributed by atoms with E-state index in [0.717, 1.165) is 19.5 Å². The zero-order valence-electron chi connectivity index (χ0n) is 10.5. The number of benzene rings is 1. The highest BCUT2D eigenvalue weighted by Crippen LogP contribution is 2.27. The van der Waals surface area contributed by atoms with Crippen molar-refractivity contribution in [1.29, 1.82) is 0 Å². The summed E-state index contributed by atoms with van der Waals surface area (Å²) < 4.78 is 4.89. The second kappa shape index (κ2) is 5.66. The summed E-state index contributed by atoms with van der Waals surface area (Å²) in [6.45, 7) is 1.59. The van der Waals surface area contributed by atoms with E-state index in [1.165, 1.54) is 25.3 Å². The fourth-order valence-electron chi connectivity index (χ4n) is 2.02. The minimum atomic E-state index is -0.563. The van der Waals surface area contributed by atoms with Crippen molar-refractivity contribution in [1.82, 2.24) is 10.6 Å². The van der Waals surface area contributed by atoms with Gasteiger partial charge in [0, 0.05) is 24.2 Å². The first-order chi connectivity index (χ1) is 9.11. The molecule has 19 heavy (non-hydrogen) atoms. The van der Waals surface area contributed by atoms with Gasteiger partial charge in [-0.3, -0.25) is 14.9 Å². The number of nitro groups is 1. The average Bonchev–Trinajstić information content (AvgIpc) is 2.90. The van der Waals surface area contributed by atoms with Crippen LogP contribution in [0.1, 0.15) is 16.8 Å². The van der Waals surface area contributed by atoms with Crippen LogP contribution in [0, 0.1) is 10.1 Å². The van der Waals surface area contributed by atoms with Crippen LogP contribution in [0.4, 0.5) is 5.69 Å². The summed E-state index contributed by atoms with van der Waals surface area (Å²) in [5.74, 6) is -0.163. The van der Waals surface area contributed by atoms with Crippen LogP contribution in [0.25, 0.3) is 0 Å². The van der Waals surface area contributed by atoms with Crippen molar-refractivity contribution >= 4 is 11.6 Å². The molecule has 1 aromatic carbocycles. The Morgan fingerprint density at radius 1 is 1.58 bits per heavy atom. The van der Waals surface area contributed by atoms with Gasteiger partial charge in [0.15, 0.2) is 5.75 Å². The van der Waals surface area contributed by atoms with Crippen LogP contribution in [-0.2, 0) is 0 Å². The van der Waals surface area contributed by atoms with Crippen LogP contribution in [0.3, 0.4) is 0 Å². The van der Waals surface area contributed by atoms with Crippen molar-refractivity contribution in [2.75, 3.05) is 20.2 Å². The van der Waals surface area contributed by atoms with Crippen molar-refractivity contribution < 1.29 is 14.5 Å². The molecule has 1 atom stereocenters. The normalized spacial score (nSPS) is 18.1. The summed E-state index contributed by atoms with van der Waals surface area (Å²) in [6, 6.07) is 4.26. The van der Waals surface area contributed by atoms with Gasteiger partial charge in [-0.15, -0.1) is 0 Å². The Morgan fingerprint density at radius 3 is 2.95 bits per heavy atom. The van der Waals surface area contributed by atoms with Crippen molar-refractivity contribution in [3.63, 3.8) is 0 Å². The van der Waals surface area contributed by atoms with Crippen LogP contribution in [-0.4, -0.2) is 37.1 Å². The molecule has 1 heterocycles. The van der Waals surface area contributed by atoms with E-state index in [1.807, 2.05) is 0 Å². The number of nitro benzene ring substituents is 1. The molecule has 1 fully saturated rings. The number of hydrogen-bond donors (Lipinski definition) is 2. The fourth-order valence-corrected chi connectivity index (χ4v) is 2.02. The van der Waals surface area contributed by atoms with E-state index >= 15 is 0 Å². The predicted molar refractivity (Wildman–Crippen MR) is 68.4 cm³/mol. The zero-order chi connectivity index (χ0) is 13.8. The topological polar surface area (TPSA) is 93.5 Å². The number of nitrogens with one attached hydrogen (secondary N) is 2. The lowest BCUT2D eigenvalue weighted by Crippen LogP contribution is -2.36. The Bertz CT molecular complexity index is 498. The van der Waals surface area contributed by atoms with E-state index in [-0.39, 0.29) is 28.9 Å². The smallest absolute Gasteiger partial charge is 0.311 e.